The largest absolute Gasteiger partial charge is 0.405 e. The van der Waals surface area contributed by atoms with Crippen molar-refractivity contribution in [2.24, 2.45) is 0 Å². The van der Waals surface area contributed by atoms with Crippen molar-refractivity contribution >= 4 is 5.91 Å². The molecule has 0 spiro atoms. The van der Waals surface area contributed by atoms with E-state index < -0.39 is 18.6 Å². The third kappa shape index (κ3) is 4.29. The molecule has 88 valence electrons. The Bertz CT molecular complexity index is 377. The molecule has 0 bridgehead atoms. The number of amides is 1. The van der Waals surface area contributed by atoms with Crippen molar-refractivity contribution in [3.8, 4) is 0 Å². The monoisotopic (exact) mass is 233 g/mol. The van der Waals surface area contributed by atoms with Gasteiger partial charge in [0.25, 0.3) is 5.91 Å². The van der Waals surface area contributed by atoms with Crippen LogP contribution in [0.25, 0.3) is 0 Å². The minimum absolute atomic E-state index is 0.108. The Labute approximate surface area is 90.9 Å². The SMILES string of the molecule is Cc1cccc[n+]1CC(=O)NCC(F)(F)F. The van der Waals surface area contributed by atoms with Gasteiger partial charge in [-0.05, 0) is 0 Å². The highest BCUT2D eigenvalue weighted by molar-refractivity contribution is 5.74. The summed E-state index contributed by atoms with van der Waals surface area (Å²) in [5.74, 6) is -0.656. The lowest BCUT2D eigenvalue weighted by atomic mass is 10.3. The maximum absolute atomic E-state index is 11.8. The van der Waals surface area contributed by atoms with Crippen molar-refractivity contribution in [1.29, 1.82) is 0 Å². The Hall–Kier alpha value is -1.59. The van der Waals surface area contributed by atoms with Crippen LogP contribution in [0, 0.1) is 6.92 Å². The number of hydrogen-bond donors (Lipinski definition) is 1. The average molecular weight is 233 g/mol. The van der Waals surface area contributed by atoms with Crippen LogP contribution in [0.2, 0.25) is 0 Å². The van der Waals surface area contributed by atoms with E-state index in [4.69, 9.17) is 0 Å². The second kappa shape index (κ2) is 4.96. The van der Waals surface area contributed by atoms with Gasteiger partial charge in [0, 0.05) is 19.1 Å². The van der Waals surface area contributed by atoms with Gasteiger partial charge in [-0.3, -0.25) is 4.79 Å². The third-order valence-corrected chi connectivity index (χ3v) is 1.97. The van der Waals surface area contributed by atoms with Gasteiger partial charge < -0.3 is 5.32 Å². The third-order valence-electron chi connectivity index (χ3n) is 1.97. The summed E-state index contributed by atoms with van der Waals surface area (Å²) in [7, 11) is 0. The first-order chi connectivity index (χ1) is 7.38. The first-order valence-corrected chi connectivity index (χ1v) is 4.67. The van der Waals surface area contributed by atoms with Gasteiger partial charge >= 0.3 is 6.18 Å². The van der Waals surface area contributed by atoms with E-state index >= 15 is 0 Å². The predicted molar refractivity (Wildman–Crippen MR) is 50.4 cm³/mol. The van der Waals surface area contributed by atoms with Crippen molar-refractivity contribution in [3.05, 3.63) is 30.1 Å². The van der Waals surface area contributed by atoms with E-state index in [2.05, 4.69) is 0 Å². The van der Waals surface area contributed by atoms with Crippen LogP contribution in [0.5, 0.6) is 0 Å². The molecule has 0 atom stereocenters. The average Bonchev–Trinajstić information content (AvgIpc) is 2.18. The molecule has 1 heterocycles. The fourth-order valence-electron chi connectivity index (χ4n) is 1.15. The van der Waals surface area contributed by atoms with Crippen molar-refractivity contribution in [2.75, 3.05) is 6.54 Å². The number of nitrogens with one attached hydrogen (secondary N) is 1. The van der Waals surface area contributed by atoms with Gasteiger partial charge in [0.05, 0.1) is 0 Å². The standard InChI is InChI=1S/C10H11F3N2O/c1-8-4-2-3-5-15(8)6-9(16)14-7-10(11,12)13/h2-5H,6-7H2,1H3/p+1. The summed E-state index contributed by atoms with van der Waals surface area (Å²) >= 11 is 0. The number of carbonyl (C=O) groups excluding carboxylic acids is 1. The van der Waals surface area contributed by atoms with E-state index in [1.165, 1.54) is 0 Å². The molecule has 1 amide bonds. The Morgan fingerprint density at radius 2 is 2.12 bits per heavy atom. The molecule has 0 unspecified atom stereocenters. The molecule has 1 rings (SSSR count). The lowest BCUT2D eigenvalue weighted by molar-refractivity contribution is -0.690. The highest BCUT2D eigenvalue weighted by Crippen LogP contribution is 2.11. The van der Waals surface area contributed by atoms with Crippen LogP contribution in [0.4, 0.5) is 13.2 Å². The fourth-order valence-corrected chi connectivity index (χ4v) is 1.15. The zero-order valence-corrected chi connectivity index (χ0v) is 8.71. The molecule has 0 aliphatic carbocycles. The number of aromatic nitrogens is 1. The molecule has 0 radical (unpaired) electrons. The van der Waals surface area contributed by atoms with Crippen LogP contribution in [0.1, 0.15) is 5.69 Å². The molecule has 16 heavy (non-hydrogen) atoms. The molecule has 0 aliphatic rings. The molecule has 1 aromatic heterocycles. The highest BCUT2D eigenvalue weighted by Gasteiger charge is 2.28. The van der Waals surface area contributed by atoms with E-state index in [9.17, 15) is 18.0 Å². The van der Waals surface area contributed by atoms with Crippen LogP contribution in [0.3, 0.4) is 0 Å². The maximum Gasteiger partial charge on any atom is 0.405 e. The molecule has 0 saturated heterocycles. The normalized spacial score (nSPS) is 11.2. The van der Waals surface area contributed by atoms with Crippen molar-refractivity contribution < 1.29 is 22.5 Å². The van der Waals surface area contributed by atoms with E-state index in [1.54, 1.807) is 35.9 Å². The summed E-state index contributed by atoms with van der Waals surface area (Å²) < 4.78 is 37.0. The minimum atomic E-state index is -4.37. The molecule has 6 heteroatoms. The summed E-state index contributed by atoms with van der Waals surface area (Å²) in [5.41, 5.74) is 0.810. The van der Waals surface area contributed by atoms with Crippen LogP contribution in [0.15, 0.2) is 24.4 Å². The number of rotatable bonds is 3. The first-order valence-electron chi connectivity index (χ1n) is 4.67. The van der Waals surface area contributed by atoms with Crippen LogP contribution < -0.4 is 9.88 Å². The molecule has 0 saturated carbocycles. The number of hydrogen-bond acceptors (Lipinski definition) is 1. The Kier molecular flexibility index (Phi) is 3.87. The zero-order valence-electron chi connectivity index (χ0n) is 8.71. The number of carbonyl (C=O) groups is 1. The molecule has 0 fully saturated rings. The van der Waals surface area contributed by atoms with Gasteiger partial charge in [0.2, 0.25) is 6.54 Å². The lowest BCUT2D eigenvalue weighted by Crippen LogP contribution is -2.46. The molecular formula is C10H12F3N2O+. The fraction of sp³-hybridized carbons (Fsp3) is 0.400. The number of alkyl halides is 3. The molecule has 0 aromatic carbocycles. The summed E-state index contributed by atoms with van der Waals surface area (Å²) in [6.45, 7) is 0.373. The topological polar surface area (TPSA) is 33.0 Å². The van der Waals surface area contributed by atoms with Crippen molar-refractivity contribution in [3.63, 3.8) is 0 Å². The number of pyridine rings is 1. The van der Waals surface area contributed by atoms with Gasteiger partial charge in [-0.1, -0.05) is 6.07 Å². The minimum Gasteiger partial charge on any atom is -0.341 e. The smallest absolute Gasteiger partial charge is 0.341 e. The number of nitrogens with zero attached hydrogens (tertiary/aromatic N) is 1. The van der Waals surface area contributed by atoms with Crippen molar-refractivity contribution in [1.82, 2.24) is 5.32 Å². The Balaban J connectivity index is 2.50. The molecular weight excluding hydrogens is 221 g/mol. The zero-order chi connectivity index (χ0) is 12.2. The van der Waals surface area contributed by atoms with E-state index in [1.807, 2.05) is 5.32 Å². The quantitative estimate of drug-likeness (QED) is 0.775. The van der Waals surface area contributed by atoms with E-state index in [0.29, 0.717) is 0 Å². The summed E-state index contributed by atoms with van der Waals surface area (Å²) in [6.07, 6.45) is -2.73. The van der Waals surface area contributed by atoms with Gasteiger partial charge in [-0.2, -0.15) is 17.7 Å². The Morgan fingerprint density at radius 3 is 2.69 bits per heavy atom. The van der Waals surface area contributed by atoms with Crippen LogP contribution >= 0.6 is 0 Å². The van der Waals surface area contributed by atoms with Crippen LogP contribution in [-0.4, -0.2) is 18.6 Å². The first kappa shape index (κ1) is 12.5. The maximum atomic E-state index is 11.8. The van der Waals surface area contributed by atoms with Crippen LogP contribution in [-0.2, 0) is 11.3 Å². The summed E-state index contributed by atoms with van der Waals surface area (Å²) in [6, 6.07) is 5.28. The second-order valence-electron chi connectivity index (χ2n) is 3.36. The molecule has 3 nitrogen and oxygen atoms in total. The molecule has 1 aromatic rings. The number of aryl methyl sites for hydroxylation is 1. The summed E-state index contributed by atoms with van der Waals surface area (Å²) in [4.78, 5) is 11.2. The van der Waals surface area contributed by atoms with Crippen molar-refractivity contribution in [2.45, 2.75) is 19.6 Å². The van der Waals surface area contributed by atoms with Gasteiger partial charge in [-0.15, -0.1) is 0 Å². The lowest BCUT2D eigenvalue weighted by Gasteiger charge is -2.06. The van der Waals surface area contributed by atoms with Gasteiger partial charge in [0.15, 0.2) is 11.9 Å². The second-order valence-corrected chi connectivity index (χ2v) is 3.36. The summed E-state index contributed by atoms with van der Waals surface area (Å²) in [5, 5.41) is 1.81. The van der Waals surface area contributed by atoms with Gasteiger partial charge in [0.1, 0.15) is 6.54 Å². The van der Waals surface area contributed by atoms with Gasteiger partial charge in [-0.25, -0.2) is 0 Å². The molecule has 1 N–H and O–H groups in total. The van der Waals surface area contributed by atoms with E-state index in [-0.39, 0.29) is 6.54 Å². The number of halogens is 3. The van der Waals surface area contributed by atoms with E-state index in [0.717, 1.165) is 5.69 Å². The molecule has 0 aliphatic heterocycles. The predicted octanol–water partition coefficient (Wildman–Crippen LogP) is 0.961. The highest BCUT2D eigenvalue weighted by atomic mass is 19.4. The Morgan fingerprint density at radius 1 is 1.44 bits per heavy atom.